The highest BCUT2D eigenvalue weighted by Crippen LogP contribution is 2.49. The zero-order chi connectivity index (χ0) is 15.0. The lowest BCUT2D eigenvalue weighted by molar-refractivity contribution is -0.152. The average Bonchev–Trinajstić information content (AvgIpc) is 3.04. The SMILES string of the molecule is CCn1ccnc(N2CC3CCCC3(C(=O)OC)C2)c1=O. The molecule has 2 unspecified atom stereocenters. The number of carbonyl (C=O) groups excluding carboxylic acids is 1. The quantitative estimate of drug-likeness (QED) is 0.779. The van der Waals surface area contributed by atoms with Gasteiger partial charge < -0.3 is 14.2 Å². The lowest BCUT2D eigenvalue weighted by atomic mass is 9.81. The van der Waals surface area contributed by atoms with E-state index in [0.29, 0.717) is 25.5 Å². The van der Waals surface area contributed by atoms with Gasteiger partial charge in [0.05, 0.1) is 12.5 Å². The van der Waals surface area contributed by atoms with E-state index in [1.54, 1.807) is 17.0 Å². The van der Waals surface area contributed by atoms with Crippen molar-refractivity contribution < 1.29 is 9.53 Å². The van der Waals surface area contributed by atoms with E-state index in [2.05, 4.69) is 4.98 Å². The molecular weight excluding hydrogens is 270 g/mol. The Morgan fingerprint density at radius 1 is 1.57 bits per heavy atom. The van der Waals surface area contributed by atoms with Crippen molar-refractivity contribution in [2.45, 2.75) is 32.7 Å². The lowest BCUT2D eigenvalue weighted by Gasteiger charge is -2.25. The minimum atomic E-state index is -0.449. The van der Waals surface area contributed by atoms with Crippen molar-refractivity contribution in [3.63, 3.8) is 0 Å². The van der Waals surface area contributed by atoms with E-state index < -0.39 is 5.41 Å². The molecule has 0 N–H and O–H groups in total. The number of fused-ring (bicyclic) bond motifs is 1. The van der Waals surface area contributed by atoms with Crippen LogP contribution in [0.5, 0.6) is 0 Å². The van der Waals surface area contributed by atoms with Crippen LogP contribution in [-0.2, 0) is 16.1 Å². The van der Waals surface area contributed by atoms with Gasteiger partial charge in [-0.3, -0.25) is 9.59 Å². The molecule has 1 saturated heterocycles. The molecule has 1 aromatic heterocycles. The third kappa shape index (κ3) is 2.04. The van der Waals surface area contributed by atoms with Gasteiger partial charge in [-0.25, -0.2) is 4.98 Å². The molecule has 114 valence electrons. The van der Waals surface area contributed by atoms with Gasteiger partial charge in [0.15, 0.2) is 5.82 Å². The predicted molar refractivity (Wildman–Crippen MR) is 78.2 cm³/mol. The summed E-state index contributed by atoms with van der Waals surface area (Å²) in [4.78, 5) is 30.9. The monoisotopic (exact) mass is 291 g/mol. The largest absolute Gasteiger partial charge is 0.469 e. The maximum atomic E-state index is 12.4. The van der Waals surface area contributed by atoms with Crippen LogP contribution in [0.15, 0.2) is 17.2 Å². The third-order valence-corrected chi connectivity index (χ3v) is 5.00. The molecule has 2 aliphatic rings. The molecule has 1 aliphatic heterocycles. The van der Waals surface area contributed by atoms with Crippen LogP contribution in [-0.4, -0.2) is 35.7 Å². The van der Waals surface area contributed by atoms with Crippen molar-refractivity contribution in [1.82, 2.24) is 9.55 Å². The first kappa shape index (κ1) is 14.1. The summed E-state index contributed by atoms with van der Waals surface area (Å²) >= 11 is 0. The Hall–Kier alpha value is -1.85. The zero-order valence-corrected chi connectivity index (χ0v) is 12.5. The Balaban J connectivity index is 1.94. The second kappa shape index (κ2) is 5.16. The Kier molecular flexibility index (Phi) is 3.47. The molecule has 6 nitrogen and oxygen atoms in total. The van der Waals surface area contributed by atoms with Gasteiger partial charge in [-0.1, -0.05) is 6.42 Å². The molecular formula is C15H21N3O3. The Morgan fingerprint density at radius 2 is 2.38 bits per heavy atom. The van der Waals surface area contributed by atoms with Gasteiger partial charge in [-0.05, 0) is 25.7 Å². The number of esters is 1. The van der Waals surface area contributed by atoms with Crippen LogP contribution in [0.2, 0.25) is 0 Å². The summed E-state index contributed by atoms with van der Waals surface area (Å²) in [6, 6.07) is 0. The first-order valence-corrected chi connectivity index (χ1v) is 7.51. The minimum absolute atomic E-state index is 0.0833. The molecule has 3 rings (SSSR count). The Labute approximate surface area is 123 Å². The number of hydrogen-bond acceptors (Lipinski definition) is 5. The average molecular weight is 291 g/mol. The van der Waals surface area contributed by atoms with Gasteiger partial charge in [-0.2, -0.15) is 0 Å². The normalized spacial score (nSPS) is 27.7. The van der Waals surface area contributed by atoms with E-state index in [4.69, 9.17) is 4.74 Å². The molecule has 0 radical (unpaired) electrons. The van der Waals surface area contributed by atoms with E-state index in [1.807, 2.05) is 11.8 Å². The lowest BCUT2D eigenvalue weighted by Crippen LogP contribution is -2.38. The van der Waals surface area contributed by atoms with Crippen molar-refractivity contribution in [3.8, 4) is 0 Å². The van der Waals surface area contributed by atoms with Crippen molar-refractivity contribution in [2.75, 3.05) is 25.1 Å². The van der Waals surface area contributed by atoms with Gasteiger partial charge in [0.2, 0.25) is 0 Å². The Bertz CT molecular complexity index is 612. The Morgan fingerprint density at radius 3 is 3.10 bits per heavy atom. The topological polar surface area (TPSA) is 64.4 Å². The summed E-state index contributed by atoms with van der Waals surface area (Å²) in [7, 11) is 1.44. The molecule has 0 aromatic carbocycles. The van der Waals surface area contributed by atoms with Gasteiger partial charge in [0.25, 0.3) is 5.56 Å². The van der Waals surface area contributed by atoms with Crippen LogP contribution in [0.4, 0.5) is 5.82 Å². The predicted octanol–water partition coefficient (Wildman–Crippen LogP) is 1.04. The molecule has 6 heteroatoms. The maximum absolute atomic E-state index is 12.4. The third-order valence-electron chi connectivity index (χ3n) is 5.00. The molecule has 21 heavy (non-hydrogen) atoms. The van der Waals surface area contributed by atoms with Gasteiger partial charge in [0, 0.05) is 32.0 Å². The van der Waals surface area contributed by atoms with E-state index in [9.17, 15) is 9.59 Å². The fraction of sp³-hybridized carbons (Fsp3) is 0.667. The zero-order valence-electron chi connectivity index (χ0n) is 12.5. The fourth-order valence-corrected chi connectivity index (χ4v) is 3.89. The number of methoxy groups -OCH3 is 1. The van der Waals surface area contributed by atoms with E-state index in [1.165, 1.54) is 7.11 Å². The number of carbonyl (C=O) groups is 1. The number of hydrogen-bond donors (Lipinski definition) is 0. The number of aryl methyl sites for hydroxylation is 1. The molecule has 1 aliphatic carbocycles. The molecule has 2 atom stereocenters. The summed E-state index contributed by atoms with van der Waals surface area (Å²) in [6.45, 7) is 3.80. The molecule has 2 heterocycles. The summed E-state index contributed by atoms with van der Waals surface area (Å²) < 4.78 is 6.67. The molecule has 1 saturated carbocycles. The summed E-state index contributed by atoms with van der Waals surface area (Å²) in [5.74, 6) is 0.581. The first-order chi connectivity index (χ1) is 10.1. The van der Waals surface area contributed by atoms with Gasteiger partial charge >= 0.3 is 5.97 Å². The summed E-state index contributed by atoms with van der Waals surface area (Å²) in [5, 5.41) is 0. The number of rotatable bonds is 3. The molecule has 0 spiro atoms. The molecule has 2 fully saturated rings. The highest BCUT2D eigenvalue weighted by Gasteiger charge is 2.56. The number of aromatic nitrogens is 2. The van der Waals surface area contributed by atoms with Crippen LogP contribution in [0.25, 0.3) is 0 Å². The minimum Gasteiger partial charge on any atom is -0.469 e. The highest BCUT2D eigenvalue weighted by atomic mass is 16.5. The van der Waals surface area contributed by atoms with Gasteiger partial charge in [-0.15, -0.1) is 0 Å². The van der Waals surface area contributed by atoms with Crippen molar-refractivity contribution in [3.05, 3.63) is 22.7 Å². The summed E-state index contributed by atoms with van der Waals surface area (Å²) in [5.41, 5.74) is -0.532. The second-order valence-corrected chi connectivity index (χ2v) is 5.96. The van der Waals surface area contributed by atoms with E-state index >= 15 is 0 Å². The van der Waals surface area contributed by atoms with E-state index in [-0.39, 0.29) is 17.4 Å². The van der Waals surface area contributed by atoms with Crippen molar-refractivity contribution in [2.24, 2.45) is 11.3 Å². The number of nitrogens with zero attached hydrogens (tertiary/aromatic N) is 3. The molecule has 0 amide bonds. The van der Waals surface area contributed by atoms with Gasteiger partial charge in [0.1, 0.15) is 0 Å². The van der Waals surface area contributed by atoms with Crippen LogP contribution < -0.4 is 10.5 Å². The van der Waals surface area contributed by atoms with Crippen LogP contribution >= 0.6 is 0 Å². The fourth-order valence-electron chi connectivity index (χ4n) is 3.89. The van der Waals surface area contributed by atoms with Crippen LogP contribution in [0.3, 0.4) is 0 Å². The van der Waals surface area contributed by atoms with Crippen molar-refractivity contribution >= 4 is 11.8 Å². The molecule has 0 bridgehead atoms. The standard InChI is InChI=1S/C15H21N3O3/c1-3-17-8-7-16-12(13(17)19)18-9-11-5-4-6-15(11,10-18)14(20)21-2/h7-8,11H,3-6,9-10H2,1-2H3. The smallest absolute Gasteiger partial charge is 0.313 e. The number of ether oxygens (including phenoxy) is 1. The molecule has 1 aromatic rings. The summed E-state index contributed by atoms with van der Waals surface area (Å²) in [6.07, 6.45) is 6.25. The number of anilines is 1. The maximum Gasteiger partial charge on any atom is 0.313 e. The van der Waals surface area contributed by atoms with Crippen LogP contribution in [0, 0.1) is 11.3 Å². The highest BCUT2D eigenvalue weighted by molar-refractivity contribution is 5.79. The van der Waals surface area contributed by atoms with Crippen molar-refractivity contribution in [1.29, 1.82) is 0 Å². The van der Waals surface area contributed by atoms with Crippen LogP contribution in [0.1, 0.15) is 26.2 Å². The second-order valence-electron chi connectivity index (χ2n) is 5.96. The van der Waals surface area contributed by atoms with E-state index in [0.717, 1.165) is 19.3 Å². The first-order valence-electron chi connectivity index (χ1n) is 7.51.